The molecule has 0 spiro atoms. The van der Waals surface area contributed by atoms with Gasteiger partial charge in [-0.1, -0.05) is 0 Å². The van der Waals surface area contributed by atoms with E-state index in [1.165, 1.54) is 4.31 Å². The molecule has 1 fully saturated rings. The molecule has 0 bridgehead atoms. The molecule has 1 heterocycles. The largest absolute Gasteiger partial charge is 0.394 e. The van der Waals surface area contributed by atoms with Crippen molar-refractivity contribution >= 4 is 15.7 Å². The lowest BCUT2D eigenvalue weighted by Crippen LogP contribution is -2.28. The predicted molar refractivity (Wildman–Crippen MR) is 58.8 cm³/mol. The van der Waals surface area contributed by atoms with Crippen LogP contribution in [0.5, 0.6) is 0 Å². The number of nitrogen functional groups attached to an aromatic ring is 1. The molecule has 1 aromatic carbocycles. The van der Waals surface area contributed by atoms with Gasteiger partial charge in [0, 0.05) is 13.1 Å². The Morgan fingerprint density at radius 2 is 1.76 bits per heavy atom. The van der Waals surface area contributed by atoms with Gasteiger partial charge in [0.25, 0.3) is 0 Å². The van der Waals surface area contributed by atoms with Gasteiger partial charge in [0.05, 0.1) is 0 Å². The molecule has 94 valence electrons. The first-order chi connectivity index (χ1) is 7.94. The average Bonchev–Trinajstić information content (AvgIpc) is 2.79. The summed E-state index contributed by atoms with van der Waals surface area (Å²) in [6.45, 7) is 0.720. The van der Waals surface area contributed by atoms with Crippen LogP contribution in [0.25, 0.3) is 0 Å². The second kappa shape index (κ2) is 4.23. The highest BCUT2D eigenvalue weighted by Gasteiger charge is 2.30. The smallest absolute Gasteiger partial charge is 0.246 e. The molecule has 0 aromatic heterocycles. The zero-order valence-electron chi connectivity index (χ0n) is 8.99. The van der Waals surface area contributed by atoms with E-state index >= 15 is 0 Å². The van der Waals surface area contributed by atoms with E-state index in [1.54, 1.807) is 0 Å². The normalized spacial score (nSPS) is 17.5. The van der Waals surface area contributed by atoms with E-state index in [2.05, 4.69) is 0 Å². The third-order valence-electron chi connectivity index (χ3n) is 2.77. The number of anilines is 1. The third-order valence-corrected chi connectivity index (χ3v) is 4.69. The molecular weight excluding hydrogens is 250 g/mol. The summed E-state index contributed by atoms with van der Waals surface area (Å²) >= 11 is 0. The molecule has 0 aliphatic carbocycles. The molecule has 0 saturated carbocycles. The first-order valence-corrected chi connectivity index (χ1v) is 6.62. The van der Waals surface area contributed by atoms with E-state index in [-0.39, 0.29) is 0 Å². The van der Waals surface area contributed by atoms with Gasteiger partial charge in [-0.3, -0.25) is 0 Å². The van der Waals surface area contributed by atoms with E-state index in [0.29, 0.717) is 13.1 Å². The zero-order valence-corrected chi connectivity index (χ0v) is 9.80. The number of hydrogen-bond acceptors (Lipinski definition) is 3. The van der Waals surface area contributed by atoms with Crippen LogP contribution in [-0.2, 0) is 10.0 Å². The highest BCUT2D eigenvalue weighted by molar-refractivity contribution is 7.89. The van der Waals surface area contributed by atoms with Crippen molar-refractivity contribution in [3.05, 3.63) is 23.8 Å². The summed E-state index contributed by atoms with van der Waals surface area (Å²) in [6.07, 6.45) is 1.50. The quantitative estimate of drug-likeness (QED) is 0.818. The van der Waals surface area contributed by atoms with Gasteiger partial charge in [0.2, 0.25) is 10.0 Å². The maximum Gasteiger partial charge on any atom is 0.246 e. The van der Waals surface area contributed by atoms with Crippen molar-refractivity contribution in [1.29, 1.82) is 0 Å². The third kappa shape index (κ3) is 2.00. The molecule has 4 nitrogen and oxygen atoms in total. The van der Waals surface area contributed by atoms with Crippen LogP contribution in [0.3, 0.4) is 0 Å². The SMILES string of the molecule is Nc1c(F)ccc(S(=O)(=O)N2CCCC2)c1F. The maximum atomic E-state index is 13.6. The Hall–Kier alpha value is -1.21. The molecule has 1 aliphatic rings. The molecule has 1 saturated heterocycles. The second-order valence-electron chi connectivity index (χ2n) is 3.88. The van der Waals surface area contributed by atoms with Crippen LogP contribution in [0, 0.1) is 11.6 Å². The molecule has 0 amide bonds. The summed E-state index contributed by atoms with van der Waals surface area (Å²) in [7, 11) is -3.90. The van der Waals surface area contributed by atoms with Crippen molar-refractivity contribution in [3.8, 4) is 0 Å². The fraction of sp³-hybridized carbons (Fsp3) is 0.400. The van der Waals surface area contributed by atoms with Crippen LogP contribution in [0.2, 0.25) is 0 Å². The summed E-state index contributed by atoms with van der Waals surface area (Å²) < 4.78 is 51.8. The Morgan fingerprint density at radius 3 is 2.35 bits per heavy atom. The van der Waals surface area contributed by atoms with Gasteiger partial charge in [-0.2, -0.15) is 4.31 Å². The molecule has 1 aliphatic heterocycles. The molecule has 17 heavy (non-hydrogen) atoms. The lowest BCUT2D eigenvalue weighted by Gasteiger charge is -2.16. The van der Waals surface area contributed by atoms with Crippen LogP contribution >= 0.6 is 0 Å². The first kappa shape index (κ1) is 12.3. The first-order valence-electron chi connectivity index (χ1n) is 5.18. The standard InChI is InChI=1S/C10H12F2N2O2S/c11-7-3-4-8(9(12)10(7)13)17(15,16)14-5-1-2-6-14/h3-4H,1-2,5-6,13H2. The highest BCUT2D eigenvalue weighted by Crippen LogP contribution is 2.27. The van der Waals surface area contributed by atoms with Gasteiger partial charge in [-0.15, -0.1) is 0 Å². The van der Waals surface area contributed by atoms with Gasteiger partial charge in [-0.25, -0.2) is 17.2 Å². The second-order valence-corrected chi connectivity index (χ2v) is 5.79. The number of hydrogen-bond donors (Lipinski definition) is 1. The van der Waals surface area contributed by atoms with Gasteiger partial charge in [0.15, 0.2) is 5.82 Å². The number of rotatable bonds is 2. The number of benzene rings is 1. The summed E-state index contributed by atoms with van der Waals surface area (Å²) in [5.74, 6) is -2.17. The predicted octanol–water partition coefficient (Wildman–Crippen LogP) is 1.33. The summed E-state index contributed by atoms with van der Waals surface area (Å²) in [6, 6.07) is 1.77. The van der Waals surface area contributed by atoms with Gasteiger partial charge >= 0.3 is 0 Å². The molecule has 0 radical (unpaired) electrons. The van der Waals surface area contributed by atoms with Crippen LogP contribution in [-0.4, -0.2) is 25.8 Å². The fourth-order valence-corrected chi connectivity index (χ4v) is 3.41. The van der Waals surface area contributed by atoms with E-state index in [0.717, 1.165) is 25.0 Å². The summed E-state index contributed by atoms with van der Waals surface area (Å²) in [5, 5.41) is 0. The van der Waals surface area contributed by atoms with Crippen molar-refractivity contribution in [1.82, 2.24) is 4.31 Å². The average molecular weight is 262 g/mol. The van der Waals surface area contributed by atoms with E-state index in [1.807, 2.05) is 0 Å². The lowest BCUT2D eigenvalue weighted by molar-refractivity contribution is 0.469. The Morgan fingerprint density at radius 1 is 1.18 bits per heavy atom. The summed E-state index contributed by atoms with van der Waals surface area (Å²) in [5.41, 5.74) is 4.39. The molecule has 1 aromatic rings. The van der Waals surface area contributed by atoms with Gasteiger partial charge in [0.1, 0.15) is 16.4 Å². The Balaban J connectivity index is 2.50. The van der Waals surface area contributed by atoms with Crippen molar-refractivity contribution in [2.45, 2.75) is 17.7 Å². The van der Waals surface area contributed by atoms with Crippen molar-refractivity contribution in [3.63, 3.8) is 0 Å². The van der Waals surface area contributed by atoms with E-state index in [9.17, 15) is 17.2 Å². The monoisotopic (exact) mass is 262 g/mol. The minimum atomic E-state index is -3.90. The molecule has 2 N–H and O–H groups in total. The van der Waals surface area contributed by atoms with E-state index < -0.39 is 32.2 Å². The Labute approximate surface area is 98.1 Å². The minimum absolute atomic E-state index is 0.360. The maximum absolute atomic E-state index is 13.6. The van der Waals surface area contributed by atoms with Gasteiger partial charge < -0.3 is 5.73 Å². The van der Waals surface area contributed by atoms with Crippen LogP contribution in [0.15, 0.2) is 17.0 Å². The van der Waals surface area contributed by atoms with Crippen LogP contribution in [0.1, 0.15) is 12.8 Å². The molecule has 2 rings (SSSR count). The zero-order chi connectivity index (χ0) is 12.6. The van der Waals surface area contributed by atoms with E-state index in [4.69, 9.17) is 5.73 Å². The number of nitrogens with two attached hydrogens (primary N) is 1. The topological polar surface area (TPSA) is 63.4 Å². The van der Waals surface area contributed by atoms with Crippen molar-refractivity contribution in [2.24, 2.45) is 0 Å². The Kier molecular flexibility index (Phi) is 3.05. The number of nitrogens with zero attached hydrogens (tertiary/aromatic N) is 1. The molecule has 0 unspecified atom stereocenters. The van der Waals surface area contributed by atoms with Crippen molar-refractivity contribution in [2.75, 3.05) is 18.8 Å². The molecule has 7 heteroatoms. The highest BCUT2D eigenvalue weighted by atomic mass is 32.2. The van der Waals surface area contributed by atoms with Crippen LogP contribution in [0.4, 0.5) is 14.5 Å². The van der Waals surface area contributed by atoms with Gasteiger partial charge in [-0.05, 0) is 25.0 Å². The number of halogens is 2. The lowest BCUT2D eigenvalue weighted by atomic mass is 10.3. The Bertz CT molecular complexity index is 539. The molecule has 0 atom stereocenters. The molecular formula is C10H12F2N2O2S. The van der Waals surface area contributed by atoms with Crippen LogP contribution < -0.4 is 5.73 Å². The minimum Gasteiger partial charge on any atom is -0.394 e. The summed E-state index contributed by atoms with van der Waals surface area (Å²) in [4.78, 5) is -0.557. The fourth-order valence-electron chi connectivity index (χ4n) is 1.82. The van der Waals surface area contributed by atoms with Crippen molar-refractivity contribution < 1.29 is 17.2 Å². The number of sulfonamides is 1.